The van der Waals surface area contributed by atoms with Crippen molar-refractivity contribution in [2.45, 2.75) is 70.6 Å². The van der Waals surface area contributed by atoms with Gasteiger partial charge in [-0.15, -0.1) is 0 Å². The molecule has 4 rings (SSSR count). The third kappa shape index (κ3) is 3.23. The molecule has 2 aromatic rings. The van der Waals surface area contributed by atoms with Gasteiger partial charge in [-0.3, -0.25) is 4.57 Å². The van der Waals surface area contributed by atoms with Crippen molar-refractivity contribution in [3.05, 3.63) is 33.7 Å². The van der Waals surface area contributed by atoms with Gasteiger partial charge in [0.1, 0.15) is 0 Å². The first kappa shape index (κ1) is 17.8. The Bertz CT molecular complexity index is 822. The van der Waals surface area contributed by atoms with Crippen molar-refractivity contribution in [3.63, 3.8) is 0 Å². The Morgan fingerprint density at radius 1 is 0.962 bits per heavy atom. The topological polar surface area (TPSA) is 50.3 Å². The number of nitrogens with zero attached hydrogens (tertiary/aromatic N) is 2. The molecule has 1 N–H and O–H groups in total. The number of likely N-dealkylation sites (tertiary alicyclic amines) is 1. The maximum atomic E-state index is 12.6. The van der Waals surface area contributed by atoms with Gasteiger partial charge in [-0.2, -0.15) is 0 Å². The number of methoxy groups -OCH3 is 1. The molecule has 5 heteroatoms. The lowest BCUT2D eigenvalue weighted by atomic mass is 9.90. The molecule has 1 aliphatic carbocycles. The van der Waals surface area contributed by atoms with E-state index >= 15 is 0 Å². The van der Waals surface area contributed by atoms with E-state index in [-0.39, 0.29) is 5.69 Å². The summed E-state index contributed by atoms with van der Waals surface area (Å²) in [6, 6.07) is 5.28. The van der Waals surface area contributed by atoms with Crippen LogP contribution in [-0.4, -0.2) is 46.8 Å². The standard InChI is InChI=1S/C21H31N3O2/c1-14-12-19-20(13-15(14)2)24(21(25)22-19)17-8-10-23(11-9-17)16-4-6-18(26-3)7-5-16/h12-13,16-18H,4-11H2,1-3H3,(H,22,25). The van der Waals surface area contributed by atoms with E-state index in [1.54, 1.807) is 0 Å². The Hall–Kier alpha value is -1.59. The van der Waals surface area contributed by atoms with Crippen LogP contribution in [0.25, 0.3) is 11.0 Å². The summed E-state index contributed by atoms with van der Waals surface area (Å²) in [6.45, 7) is 6.41. The van der Waals surface area contributed by atoms with Crippen molar-refractivity contribution in [2.75, 3.05) is 20.2 Å². The summed E-state index contributed by atoms with van der Waals surface area (Å²) in [5.41, 5.74) is 4.56. The van der Waals surface area contributed by atoms with Crippen LogP contribution >= 0.6 is 0 Å². The zero-order chi connectivity index (χ0) is 18.3. The van der Waals surface area contributed by atoms with Crippen LogP contribution in [0.1, 0.15) is 55.7 Å². The third-order valence-corrected chi connectivity index (χ3v) is 6.69. The second-order valence-corrected chi connectivity index (χ2v) is 8.19. The number of fused-ring (bicyclic) bond motifs is 1. The highest BCUT2D eigenvalue weighted by Crippen LogP contribution is 2.31. The van der Waals surface area contributed by atoms with Gasteiger partial charge < -0.3 is 14.6 Å². The fourth-order valence-electron chi connectivity index (χ4n) is 4.90. The number of ether oxygens (including phenoxy) is 1. The van der Waals surface area contributed by atoms with Crippen LogP contribution < -0.4 is 5.69 Å². The zero-order valence-electron chi connectivity index (χ0n) is 16.3. The van der Waals surface area contributed by atoms with E-state index in [9.17, 15) is 4.79 Å². The van der Waals surface area contributed by atoms with Gasteiger partial charge in [-0.05, 0) is 75.6 Å². The number of piperidine rings is 1. The number of imidazole rings is 1. The first-order valence-electron chi connectivity index (χ1n) is 10.0. The van der Waals surface area contributed by atoms with Crippen LogP contribution in [0.2, 0.25) is 0 Å². The van der Waals surface area contributed by atoms with Crippen LogP contribution in [0.15, 0.2) is 16.9 Å². The van der Waals surface area contributed by atoms with E-state index in [2.05, 4.69) is 35.9 Å². The summed E-state index contributed by atoms with van der Waals surface area (Å²) in [7, 11) is 1.83. The Balaban J connectivity index is 1.47. The molecule has 1 saturated heterocycles. The highest BCUT2D eigenvalue weighted by molar-refractivity contribution is 5.77. The number of nitrogens with one attached hydrogen (secondary N) is 1. The van der Waals surface area contributed by atoms with Crippen molar-refractivity contribution >= 4 is 11.0 Å². The van der Waals surface area contributed by atoms with E-state index in [1.165, 1.54) is 36.8 Å². The molecule has 2 aliphatic rings. The molecule has 2 fully saturated rings. The summed E-state index contributed by atoms with van der Waals surface area (Å²) >= 11 is 0. The molecular weight excluding hydrogens is 326 g/mol. The summed E-state index contributed by atoms with van der Waals surface area (Å²) in [5, 5.41) is 0. The number of aromatic nitrogens is 2. The van der Waals surface area contributed by atoms with Crippen molar-refractivity contribution in [3.8, 4) is 0 Å². The van der Waals surface area contributed by atoms with E-state index in [0.29, 0.717) is 18.2 Å². The minimum Gasteiger partial charge on any atom is -0.381 e. The van der Waals surface area contributed by atoms with Gasteiger partial charge in [0.05, 0.1) is 17.1 Å². The third-order valence-electron chi connectivity index (χ3n) is 6.69. The first-order chi connectivity index (χ1) is 12.6. The minimum absolute atomic E-state index is 0.0454. The molecule has 1 aliphatic heterocycles. The second kappa shape index (κ2) is 7.20. The highest BCUT2D eigenvalue weighted by Gasteiger charge is 2.30. The van der Waals surface area contributed by atoms with E-state index in [4.69, 9.17) is 4.74 Å². The fourth-order valence-corrected chi connectivity index (χ4v) is 4.90. The molecule has 26 heavy (non-hydrogen) atoms. The molecule has 0 amide bonds. The van der Waals surface area contributed by atoms with Gasteiger partial charge in [-0.25, -0.2) is 4.79 Å². The molecule has 0 unspecified atom stereocenters. The van der Waals surface area contributed by atoms with Crippen molar-refractivity contribution in [2.24, 2.45) is 0 Å². The molecule has 0 spiro atoms. The minimum atomic E-state index is 0.0454. The Morgan fingerprint density at radius 3 is 2.27 bits per heavy atom. The largest absolute Gasteiger partial charge is 0.381 e. The van der Waals surface area contributed by atoms with Crippen LogP contribution in [-0.2, 0) is 4.74 Å². The number of aryl methyl sites for hydroxylation is 2. The lowest BCUT2D eigenvalue weighted by Gasteiger charge is -2.40. The Morgan fingerprint density at radius 2 is 1.62 bits per heavy atom. The van der Waals surface area contributed by atoms with E-state index in [0.717, 1.165) is 37.0 Å². The van der Waals surface area contributed by atoms with Gasteiger partial charge in [-0.1, -0.05) is 0 Å². The average Bonchev–Trinajstić information content (AvgIpc) is 2.97. The van der Waals surface area contributed by atoms with Crippen LogP contribution in [0.5, 0.6) is 0 Å². The molecule has 1 saturated carbocycles. The molecule has 5 nitrogen and oxygen atoms in total. The summed E-state index contributed by atoms with van der Waals surface area (Å²) in [4.78, 5) is 18.3. The fraction of sp³-hybridized carbons (Fsp3) is 0.667. The van der Waals surface area contributed by atoms with Crippen LogP contribution in [0.4, 0.5) is 0 Å². The monoisotopic (exact) mass is 357 g/mol. The normalized spacial score (nSPS) is 25.8. The van der Waals surface area contributed by atoms with Crippen molar-refractivity contribution in [1.82, 2.24) is 14.5 Å². The Kier molecular flexibility index (Phi) is 4.93. The van der Waals surface area contributed by atoms with E-state index in [1.807, 2.05) is 11.7 Å². The summed E-state index contributed by atoms with van der Waals surface area (Å²) < 4.78 is 7.52. The number of aromatic amines is 1. The number of H-pyrrole nitrogens is 1. The lowest BCUT2D eigenvalue weighted by molar-refractivity contribution is 0.0296. The van der Waals surface area contributed by atoms with Crippen LogP contribution in [0, 0.1) is 13.8 Å². The number of hydrogen-bond acceptors (Lipinski definition) is 3. The highest BCUT2D eigenvalue weighted by atomic mass is 16.5. The second-order valence-electron chi connectivity index (χ2n) is 8.19. The van der Waals surface area contributed by atoms with Crippen molar-refractivity contribution < 1.29 is 4.74 Å². The molecule has 1 aromatic heterocycles. The van der Waals surface area contributed by atoms with Crippen molar-refractivity contribution in [1.29, 1.82) is 0 Å². The van der Waals surface area contributed by atoms with Gasteiger partial charge >= 0.3 is 5.69 Å². The lowest BCUT2D eigenvalue weighted by Crippen LogP contribution is -2.45. The number of hydrogen-bond donors (Lipinski definition) is 1. The van der Waals surface area contributed by atoms with Crippen LogP contribution in [0.3, 0.4) is 0 Å². The predicted octanol–water partition coefficient (Wildman–Crippen LogP) is 3.54. The maximum absolute atomic E-state index is 12.6. The molecule has 0 atom stereocenters. The molecule has 0 radical (unpaired) electrons. The molecule has 2 heterocycles. The van der Waals surface area contributed by atoms with Gasteiger partial charge in [0.2, 0.25) is 0 Å². The first-order valence-corrected chi connectivity index (χ1v) is 10.0. The maximum Gasteiger partial charge on any atom is 0.326 e. The van der Waals surface area contributed by atoms with Gasteiger partial charge in [0, 0.05) is 32.3 Å². The number of benzene rings is 1. The van der Waals surface area contributed by atoms with E-state index < -0.39 is 0 Å². The van der Waals surface area contributed by atoms with Gasteiger partial charge in [0.25, 0.3) is 0 Å². The average molecular weight is 357 g/mol. The Labute approximate surface area is 155 Å². The quantitative estimate of drug-likeness (QED) is 0.914. The van der Waals surface area contributed by atoms with Gasteiger partial charge in [0.15, 0.2) is 0 Å². The predicted molar refractivity (Wildman–Crippen MR) is 105 cm³/mol. The zero-order valence-corrected chi connectivity index (χ0v) is 16.3. The molecule has 142 valence electrons. The summed E-state index contributed by atoms with van der Waals surface area (Å²) in [6.07, 6.45) is 7.43. The smallest absolute Gasteiger partial charge is 0.326 e. The SMILES string of the molecule is COC1CCC(N2CCC(n3c(=O)[nH]c4cc(C)c(C)cc43)CC2)CC1. The molecular formula is C21H31N3O2. The molecule has 0 bridgehead atoms. The number of rotatable bonds is 3. The molecule has 1 aromatic carbocycles. The summed E-state index contributed by atoms with van der Waals surface area (Å²) in [5.74, 6) is 0.